The molecule has 0 atom stereocenters. The molecule has 0 aliphatic heterocycles. The highest BCUT2D eigenvalue weighted by atomic mass is 32.1. The fraction of sp³-hybridized carbons (Fsp3) is 0.200. The zero-order chi connectivity index (χ0) is 19.4. The Morgan fingerprint density at radius 3 is 2.52 bits per heavy atom. The highest BCUT2D eigenvalue weighted by Gasteiger charge is 2.17. The number of hydrogen-bond acceptors (Lipinski definition) is 3. The number of hydrazine groups is 1. The number of carbonyl (C=O) groups excluding carboxylic acids is 2. The number of carbonyl (C=O) groups is 2. The van der Waals surface area contributed by atoms with Gasteiger partial charge < -0.3 is 4.57 Å². The number of thiophene rings is 1. The summed E-state index contributed by atoms with van der Waals surface area (Å²) in [5.74, 6) is -0.950. The average Bonchev–Trinajstić information content (AvgIpc) is 3.27. The molecule has 5 nitrogen and oxygen atoms in total. The average molecular weight is 385 g/mol. The number of amides is 2. The fourth-order valence-electron chi connectivity index (χ4n) is 2.93. The summed E-state index contributed by atoms with van der Waals surface area (Å²) in [6.07, 6.45) is 0.938. The molecule has 0 saturated carbocycles. The van der Waals surface area contributed by atoms with E-state index in [1.165, 1.54) is 12.1 Å². The lowest BCUT2D eigenvalue weighted by Gasteiger charge is -2.10. The monoisotopic (exact) mass is 385 g/mol. The minimum atomic E-state index is -0.388. The Morgan fingerprint density at radius 2 is 1.85 bits per heavy atom. The molecule has 0 spiro atoms. The van der Waals surface area contributed by atoms with Gasteiger partial charge >= 0.3 is 0 Å². The standard InChI is InChI=1S/C20H20FN3O2S/c1-13-12-18(14(2)24(13)16-7-5-15(21)6-8-16)20(26)23-22-19(25)10-9-17-4-3-11-27-17/h3-8,11-12H,9-10H2,1-2H3,(H,22,25)(H,23,26). The number of halogens is 1. The number of hydrogen-bond donors (Lipinski definition) is 2. The molecule has 0 aliphatic rings. The minimum Gasteiger partial charge on any atom is -0.318 e. The van der Waals surface area contributed by atoms with Crippen LogP contribution < -0.4 is 10.9 Å². The largest absolute Gasteiger partial charge is 0.318 e. The molecule has 0 bridgehead atoms. The van der Waals surface area contributed by atoms with E-state index in [2.05, 4.69) is 10.9 Å². The van der Waals surface area contributed by atoms with Gasteiger partial charge in [-0.05, 0) is 62.0 Å². The summed E-state index contributed by atoms with van der Waals surface area (Å²) < 4.78 is 15.0. The first-order chi connectivity index (χ1) is 13.0. The summed E-state index contributed by atoms with van der Waals surface area (Å²) >= 11 is 1.60. The molecule has 140 valence electrons. The van der Waals surface area contributed by atoms with E-state index >= 15 is 0 Å². The third-order valence-corrected chi connectivity index (χ3v) is 5.19. The molecule has 0 fully saturated rings. The predicted octanol–water partition coefficient (Wildman–Crippen LogP) is 3.69. The highest BCUT2D eigenvalue weighted by Crippen LogP contribution is 2.21. The molecule has 2 heterocycles. The summed E-state index contributed by atoms with van der Waals surface area (Å²) in [6, 6.07) is 11.7. The van der Waals surface area contributed by atoms with Crippen LogP contribution in [0.4, 0.5) is 4.39 Å². The molecule has 2 aromatic heterocycles. The van der Waals surface area contributed by atoms with Crippen LogP contribution in [0, 0.1) is 19.7 Å². The molecule has 0 aliphatic carbocycles. The van der Waals surface area contributed by atoms with Gasteiger partial charge in [-0.25, -0.2) is 4.39 Å². The number of rotatable bonds is 5. The zero-order valence-electron chi connectivity index (χ0n) is 15.1. The second kappa shape index (κ2) is 8.18. The molecule has 0 radical (unpaired) electrons. The molecule has 7 heteroatoms. The van der Waals surface area contributed by atoms with E-state index in [0.29, 0.717) is 24.1 Å². The second-order valence-electron chi connectivity index (χ2n) is 6.18. The fourth-order valence-corrected chi connectivity index (χ4v) is 3.64. The van der Waals surface area contributed by atoms with Crippen LogP contribution in [0.15, 0.2) is 47.8 Å². The van der Waals surface area contributed by atoms with Crippen LogP contribution in [0.2, 0.25) is 0 Å². The van der Waals surface area contributed by atoms with Gasteiger partial charge in [0.25, 0.3) is 5.91 Å². The van der Waals surface area contributed by atoms with Crippen molar-refractivity contribution >= 4 is 23.2 Å². The van der Waals surface area contributed by atoms with Gasteiger partial charge in [-0.2, -0.15) is 0 Å². The van der Waals surface area contributed by atoms with Crippen LogP contribution in [0.5, 0.6) is 0 Å². The van der Waals surface area contributed by atoms with E-state index in [1.807, 2.05) is 35.9 Å². The van der Waals surface area contributed by atoms with E-state index in [4.69, 9.17) is 0 Å². The molecule has 2 N–H and O–H groups in total. The van der Waals surface area contributed by atoms with Crippen molar-refractivity contribution in [1.29, 1.82) is 0 Å². The smallest absolute Gasteiger partial charge is 0.271 e. The second-order valence-corrected chi connectivity index (χ2v) is 7.21. The first-order valence-corrected chi connectivity index (χ1v) is 9.40. The van der Waals surface area contributed by atoms with Crippen molar-refractivity contribution in [3.8, 4) is 5.69 Å². The lowest BCUT2D eigenvalue weighted by atomic mass is 10.2. The topological polar surface area (TPSA) is 63.1 Å². The first-order valence-electron chi connectivity index (χ1n) is 8.52. The van der Waals surface area contributed by atoms with E-state index in [-0.39, 0.29) is 17.6 Å². The van der Waals surface area contributed by atoms with E-state index in [1.54, 1.807) is 29.5 Å². The lowest BCUT2D eigenvalue weighted by Crippen LogP contribution is -2.41. The Balaban J connectivity index is 1.64. The summed E-state index contributed by atoms with van der Waals surface area (Å²) in [6.45, 7) is 3.68. The summed E-state index contributed by atoms with van der Waals surface area (Å²) in [5, 5.41) is 1.96. The Hall–Kier alpha value is -2.93. The van der Waals surface area contributed by atoms with Gasteiger partial charge in [0.1, 0.15) is 5.82 Å². The Kier molecular flexibility index (Phi) is 5.71. The predicted molar refractivity (Wildman–Crippen MR) is 103 cm³/mol. The van der Waals surface area contributed by atoms with Crippen molar-refractivity contribution in [1.82, 2.24) is 15.4 Å². The van der Waals surface area contributed by atoms with Crippen LogP contribution in [0.25, 0.3) is 5.69 Å². The first kappa shape index (κ1) is 18.8. The maximum atomic E-state index is 13.2. The van der Waals surface area contributed by atoms with Crippen LogP contribution in [-0.2, 0) is 11.2 Å². The van der Waals surface area contributed by atoms with E-state index < -0.39 is 0 Å². The maximum Gasteiger partial charge on any atom is 0.271 e. The SMILES string of the molecule is Cc1cc(C(=O)NNC(=O)CCc2cccs2)c(C)n1-c1ccc(F)cc1. The van der Waals surface area contributed by atoms with Crippen molar-refractivity contribution in [3.05, 3.63) is 75.5 Å². The van der Waals surface area contributed by atoms with Gasteiger partial charge in [-0.15, -0.1) is 11.3 Å². The normalized spacial score (nSPS) is 10.6. The minimum absolute atomic E-state index is 0.246. The number of nitrogens with one attached hydrogen (secondary N) is 2. The molecular weight excluding hydrogens is 365 g/mol. The Morgan fingerprint density at radius 1 is 1.11 bits per heavy atom. The number of aromatic nitrogens is 1. The van der Waals surface area contributed by atoms with Gasteiger partial charge in [0.15, 0.2) is 0 Å². The summed E-state index contributed by atoms with van der Waals surface area (Å²) in [7, 11) is 0. The molecule has 0 saturated heterocycles. The van der Waals surface area contributed by atoms with Crippen molar-refractivity contribution < 1.29 is 14.0 Å². The number of aryl methyl sites for hydroxylation is 2. The summed E-state index contributed by atoms with van der Waals surface area (Å²) in [5.41, 5.74) is 7.69. The molecular formula is C20H20FN3O2S. The van der Waals surface area contributed by atoms with Crippen LogP contribution in [0.3, 0.4) is 0 Å². The van der Waals surface area contributed by atoms with E-state index in [0.717, 1.165) is 16.3 Å². The molecule has 0 unspecified atom stereocenters. The molecule has 1 aromatic carbocycles. The third kappa shape index (κ3) is 4.43. The Bertz CT molecular complexity index is 947. The lowest BCUT2D eigenvalue weighted by molar-refractivity contribution is -0.121. The van der Waals surface area contributed by atoms with Crippen LogP contribution in [-0.4, -0.2) is 16.4 Å². The number of nitrogens with zero attached hydrogens (tertiary/aromatic N) is 1. The molecule has 3 rings (SSSR count). The van der Waals surface area contributed by atoms with Gasteiger partial charge in [0, 0.05) is 28.4 Å². The maximum absolute atomic E-state index is 13.2. The van der Waals surface area contributed by atoms with Crippen molar-refractivity contribution in [3.63, 3.8) is 0 Å². The third-order valence-electron chi connectivity index (χ3n) is 4.25. The van der Waals surface area contributed by atoms with Gasteiger partial charge in [0.05, 0.1) is 5.56 Å². The van der Waals surface area contributed by atoms with E-state index in [9.17, 15) is 14.0 Å². The van der Waals surface area contributed by atoms with Gasteiger partial charge in [-0.1, -0.05) is 6.07 Å². The summed E-state index contributed by atoms with van der Waals surface area (Å²) in [4.78, 5) is 25.5. The van der Waals surface area contributed by atoms with Crippen LogP contribution >= 0.6 is 11.3 Å². The van der Waals surface area contributed by atoms with Gasteiger partial charge in [-0.3, -0.25) is 20.4 Å². The zero-order valence-corrected chi connectivity index (χ0v) is 15.9. The highest BCUT2D eigenvalue weighted by molar-refractivity contribution is 7.09. The van der Waals surface area contributed by atoms with Crippen molar-refractivity contribution in [2.24, 2.45) is 0 Å². The van der Waals surface area contributed by atoms with Crippen LogP contribution in [0.1, 0.15) is 33.0 Å². The Labute approximate surface area is 160 Å². The number of benzene rings is 1. The quantitative estimate of drug-likeness (QED) is 0.658. The molecule has 3 aromatic rings. The molecule has 27 heavy (non-hydrogen) atoms. The van der Waals surface area contributed by atoms with Crippen molar-refractivity contribution in [2.75, 3.05) is 0 Å². The van der Waals surface area contributed by atoms with Crippen molar-refractivity contribution in [2.45, 2.75) is 26.7 Å². The molecule has 2 amide bonds. The van der Waals surface area contributed by atoms with Gasteiger partial charge in [0.2, 0.25) is 5.91 Å².